The van der Waals surface area contributed by atoms with Gasteiger partial charge in [-0.15, -0.1) is 5.10 Å². The van der Waals surface area contributed by atoms with Crippen LogP contribution in [0.15, 0.2) is 53.2 Å². The van der Waals surface area contributed by atoms with E-state index in [1.165, 1.54) is 0 Å². The van der Waals surface area contributed by atoms with Gasteiger partial charge in [-0.3, -0.25) is 0 Å². The zero-order chi connectivity index (χ0) is 13.0. The molecule has 1 aromatic carbocycles. The second-order valence-corrected chi connectivity index (χ2v) is 4.89. The summed E-state index contributed by atoms with van der Waals surface area (Å²) in [5.74, 6) is 0.615. The lowest BCUT2D eigenvalue weighted by Gasteiger charge is -2.04. The second-order valence-electron chi connectivity index (χ2n) is 3.97. The summed E-state index contributed by atoms with van der Waals surface area (Å²) in [6.07, 6.45) is 2.80. The number of benzene rings is 1. The van der Waals surface area contributed by atoms with E-state index in [-0.39, 0.29) is 0 Å². The average Bonchev–Trinajstić information content (AvgIpc) is 2.84. The van der Waals surface area contributed by atoms with Crippen LogP contribution in [-0.2, 0) is 0 Å². The molecule has 2 rings (SSSR count). The van der Waals surface area contributed by atoms with Gasteiger partial charge in [0.15, 0.2) is 0 Å². The maximum atomic E-state index is 5.55. The normalized spacial score (nSPS) is 10.3. The molecule has 18 heavy (non-hydrogen) atoms. The van der Waals surface area contributed by atoms with Crippen molar-refractivity contribution in [2.45, 2.75) is 13.3 Å². The van der Waals surface area contributed by atoms with Gasteiger partial charge in [-0.25, -0.2) is 4.68 Å². The molecular weight excluding hydrogens is 292 g/mol. The Bertz CT molecular complexity index is 548. The molecular formula is C14H15BrN2O. The molecule has 0 fully saturated rings. The largest absolute Gasteiger partial charge is 0.472 e. The summed E-state index contributed by atoms with van der Waals surface area (Å²) in [6, 6.07) is 9.80. The Hall–Kier alpha value is -1.55. The van der Waals surface area contributed by atoms with Gasteiger partial charge in [-0.2, -0.15) is 0 Å². The third kappa shape index (κ3) is 3.23. The van der Waals surface area contributed by atoms with Gasteiger partial charge in [0.05, 0.1) is 5.69 Å². The molecule has 2 aromatic rings. The van der Waals surface area contributed by atoms with Crippen LogP contribution in [0.2, 0.25) is 0 Å². The van der Waals surface area contributed by atoms with Gasteiger partial charge in [-0.1, -0.05) is 35.5 Å². The van der Waals surface area contributed by atoms with E-state index in [2.05, 4.69) is 34.5 Å². The second kappa shape index (κ2) is 5.87. The van der Waals surface area contributed by atoms with Crippen LogP contribution in [0, 0.1) is 0 Å². The maximum absolute atomic E-state index is 5.55. The molecule has 0 radical (unpaired) electrons. The molecule has 0 bridgehead atoms. The van der Waals surface area contributed by atoms with Crippen LogP contribution >= 0.6 is 15.9 Å². The molecule has 3 nitrogen and oxygen atoms in total. The van der Waals surface area contributed by atoms with Gasteiger partial charge in [0, 0.05) is 16.7 Å². The molecule has 0 amide bonds. The first-order valence-corrected chi connectivity index (χ1v) is 6.59. The van der Waals surface area contributed by atoms with Crippen LogP contribution in [0.3, 0.4) is 0 Å². The molecule has 0 aliphatic heterocycles. The van der Waals surface area contributed by atoms with Crippen LogP contribution in [-0.4, -0.2) is 16.4 Å². The Balaban J connectivity index is 2.08. The number of aromatic nitrogens is 2. The first-order chi connectivity index (χ1) is 8.69. The summed E-state index contributed by atoms with van der Waals surface area (Å²) in [4.78, 5) is 0. The quantitative estimate of drug-likeness (QED) is 0.781. The van der Waals surface area contributed by atoms with Crippen molar-refractivity contribution in [3.8, 4) is 11.6 Å². The van der Waals surface area contributed by atoms with Crippen molar-refractivity contribution in [1.82, 2.24) is 9.78 Å². The summed E-state index contributed by atoms with van der Waals surface area (Å²) < 4.78 is 8.36. The SMILES string of the molecule is C=C(CC)COc1ccn(-c2cccc(Br)c2)n1. The van der Waals surface area contributed by atoms with Gasteiger partial charge in [0.1, 0.15) is 6.61 Å². The molecule has 0 aliphatic rings. The molecule has 0 saturated heterocycles. The molecule has 94 valence electrons. The highest BCUT2D eigenvalue weighted by Crippen LogP contribution is 2.17. The van der Waals surface area contributed by atoms with Gasteiger partial charge in [-0.05, 0) is 30.2 Å². The van der Waals surface area contributed by atoms with Crippen molar-refractivity contribution in [3.05, 3.63) is 53.2 Å². The number of rotatable bonds is 5. The molecule has 0 unspecified atom stereocenters. The van der Waals surface area contributed by atoms with Crippen molar-refractivity contribution < 1.29 is 4.74 Å². The Labute approximate surface area is 115 Å². The van der Waals surface area contributed by atoms with Gasteiger partial charge in [0.25, 0.3) is 0 Å². The van der Waals surface area contributed by atoms with Crippen molar-refractivity contribution in [2.24, 2.45) is 0 Å². The molecule has 1 heterocycles. The zero-order valence-electron chi connectivity index (χ0n) is 10.3. The lowest BCUT2D eigenvalue weighted by atomic mass is 10.2. The van der Waals surface area contributed by atoms with Crippen molar-refractivity contribution >= 4 is 15.9 Å². The third-order valence-electron chi connectivity index (χ3n) is 2.56. The van der Waals surface area contributed by atoms with Gasteiger partial charge in [0.2, 0.25) is 5.88 Å². The highest BCUT2D eigenvalue weighted by atomic mass is 79.9. The summed E-state index contributed by atoms with van der Waals surface area (Å²) in [6.45, 7) is 6.48. The first kappa shape index (κ1) is 12.9. The Morgan fingerprint density at radius 1 is 1.44 bits per heavy atom. The Morgan fingerprint density at radius 2 is 2.28 bits per heavy atom. The van der Waals surface area contributed by atoms with E-state index in [0.29, 0.717) is 12.5 Å². The molecule has 1 aromatic heterocycles. The molecule has 4 heteroatoms. The van der Waals surface area contributed by atoms with E-state index in [0.717, 1.165) is 22.2 Å². The fourth-order valence-electron chi connectivity index (χ4n) is 1.42. The van der Waals surface area contributed by atoms with Crippen LogP contribution in [0.25, 0.3) is 5.69 Å². The topological polar surface area (TPSA) is 27.1 Å². The summed E-state index contributed by atoms with van der Waals surface area (Å²) >= 11 is 3.44. The molecule has 0 atom stereocenters. The standard InChI is InChI=1S/C14H15BrN2O/c1-3-11(2)10-18-14-7-8-17(16-14)13-6-4-5-12(15)9-13/h4-9H,2-3,10H2,1H3. The van der Waals surface area contributed by atoms with Gasteiger partial charge < -0.3 is 4.74 Å². The highest BCUT2D eigenvalue weighted by molar-refractivity contribution is 9.10. The maximum Gasteiger partial charge on any atom is 0.233 e. The van der Waals surface area contributed by atoms with Crippen molar-refractivity contribution in [1.29, 1.82) is 0 Å². The van der Waals surface area contributed by atoms with E-state index >= 15 is 0 Å². The van der Waals surface area contributed by atoms with E-state index in [4.69, 9.17) is 4.74 Å². The molecule has 0 saturated carbocycles. The first-order valence-electron chi connectivity index (χ1n) is 5.80. The zero-order valence-corrected chi connectivity index (χ0v) is 11.9. The average molecular weight is 307 g/mol. The fraction of sp³-hybridized carbons (Fsp3) is 0.214. The fourth-order valence-corrected chi connectivity index (χ4v) is 1.81. The lowest BCUT2D eigenvalue weighted by Crippen LogP contribution is -2.01. The summed E-state index contributed by atoms with van der Waals surface area (Å²) in [5.41, 5.74) is 2.06. The minimum atomic E-state index is 0.520. The van der Waals surface area contributed by atoms with Crippen LogP contribution in [0.4, 0.5) is 0 Å². The summed E-state index contributed by atoms with van der Waals surface area (Å²) in [7, 11) is 0. The van der Waals surface area contributed by atoms with E-state index in [1.807, 2.05) is 36.5 Å². The number of halogens is 1. The van der Waals surface area contributed by atoms with Crippen molar-refractivity contribution in [3.63, 3.8) is 0 Å². The van der Waals surface area contributed by atoms with E-state index in [9.17, 15) is 0 Å². The Morgan fingerprint density at radius 3 is 3.00 bits per heavy atom. The predicted molar refractivity (Wildman–Crippen MR) is 76.2 cm³/mol. The van der Waals surface area contributed by atoms with Gasteiger partial charge >= 0.3 is 0 Å². The minimum Gasteiger partial charge on any atom is -0.472 e. The number of hydrogen-bond donors (Lipinski definition) is 0. The van der Waals surface area contributed by atoms with Crippen LogP contribution < -0.4 is 4.74 Å². The summed E-state index contributed by atoms with van der Waals surface area (Å²) in [5, 5.41) is 4.36. The van der Waals surface area contributed by atoms with Crippen LogP contribution in [0.5, 0.6) is 5.88 Å². The van der Waals surface area contributed by atoms with Crippen molar-refractivity contribution in [2.75, 3.05) is 6.61 Å². The number of ether oxygens (including phenoxy) is 1. The number of nitrogens with zero attached hydrogens (tertiary/aromatic N) is 2. The van der Waals surface area contributed by atoms with E-state index in [1.54, 1.807) is 4.68 Å². The number of hydrogen-bond acceptors (Lipinski definition) is 2. The smallest absolute Gasteiger partial charge is 0.233 e. The minimum absolute atomic E-state index is 0.520. The van der Waals surface area contributed by atoms with Crippen LogP contribution in [0.1, 0.15) is 13.3 Å². The highest BCUT2D eigenvalue weighted by Gasteiger charge is 2.02. The predicted octanol–water partition coefficient (Wildman–Crippen LogP) is 3.98. The Kier molecular flexibility index (Phi) is 4.20. The third-order valence-corrected chi connectivity index (χ3v) is 3.05. The molecule has 0 spiro atoms. The molecule has 0 N–H and O–H groups in total. The van der Waals surface area contributed by atoms with E-state index < -0.39 is 0 Å². The lowest BCUT2D eigenvalue weighted by molar-refractivity contribution is 0.333. The molecule has 0 aliphatic carbocycles. The monoisotopic (exact) mass is 306 g/mol.